The van der Waals surface area contributed by atoms with E-state index >= 15 is 0 Å². The lowest BCUT2D eigenvalue weighted by molar-refractivity contribution is -0.151. The van der Waals surface area contributed by atoms with Crippen LogP contribution in [0.25, 0.3) is 0 Å². The van der Waals surface area contributed by atoms with E-state index in [2.05, 4.69) is 10.4 Å². The molecule has 0 atom stereocenters. The first-order valence-electron chi connectivity index (χ1n) is 7.11. The lowest BCUT2D eigenvalue weighted by Gasteiger charge is -2.26. The van der Waals surface area contributed by atoms with Gasteiger partial charge in [-0.2, -0.15) is 0 Å². The van der Waals surface area contributed by atoms with Gasteiger partial charge in [0.2, 0.25) is 0 Å². The predicted octanol–water partition coefficient (Wildman–Crippen LogP) is 1.35. The maximum Gasteiger partial charge on any atom is 0.324 e. The molecule has 1 aliphatic rings. The topological polar surface area (TPSA) is 50.8 Å². The highest BCUT2D eigenvalue weighted by molar-refractivity contribution is 5.68. The molecule has 0 aliphatic carbocycles. The van der Waals surface area contributed by atoms with E-state index in [0.29, 0.717) is 13.0 Å². The number of ether oxygens (including phenoxy) is 1. The second kappa shape index (κ2) is 8.68. The fourth-order valence-corrected chi connectivity index (χ4v) is 2.12. The summed E-state index contributed by atoms with van der Waals surface area (Å²) in [5.41, 5.74) is 3.80. The average Bonchev–Trinajstić information content (AvgIpc) is 2.49. The lowest BCUT2D eigenvalue weighted by Crippen LogP contribution is -2.37. The molecule has 0 saturated carbocycles. The highest BCUT2D eigenvalue weighted by atomic mass is 16.7. The molecule has 20 heavy (non-hydrogen) atoms. The molecule has 0 amide bonds. The minimum Gasteiger partial charge on any atom is -0.379 e. The fourth-order valence-electron chi connectivity index (χ4n) is 2.12. The van der Waals surface area contributed by atoms with E-state index in [4.69, 9.17) is 9.57 Å². The van der Waals surface area contributed by atoms with Crippen LogP contribution in [0.3, 0.4) is 0 Å². The maximum atomic E-state index is 11.5. The monoisotopic (exact) mass is 278 g/mol. The zero-order chi connectivity index (χ0) is 14.0. The Morgan fingerprint density at radius 3 is 2.75 bits per heavy atom. The molecule has 1 heterocycles. The van der Waals surface area contributed by atoms with Gasteiger partial charge in [-0.25, -0.2) is 0 Å². The van der Waals surface area contributed by atoms with E-state index in [1.165, 1.54) is 0 Å². The van der Waals surface area contributed by atoms with Crippen molar-refractivity contribution in [2.24, 2.45) is 0 Å². The number of carbonyl (C=O) groups excluding carboxylic acids is 1. The predicted molar refractivity (Wildman–Crippen MR) is 75.9 cm³/mol. The first-order chi connectivity index (χ1) is 9.84. The summed E-state index contributed by atoms with van der Waals surface area (Å²) in [5, 5.41) is 0. The normalized spacial score (nSPS) is 16.0. The Hall–Kier alpha value is -1.43. The van der Waals surface area contributed by atoms with Crippen LogP contribution in [-0.2, 0) is 20.9 Å². The third kappa shape index (κ3) is 5.69. The Bertz CT molecular complexity index is 391. The Morgan fingerprint density at radius 2 is 2.00 bits per heavy atom. The minimum absolute atomic E-state index is 0.200. The van der Waals surface area contributed by atoms with E-state index in [-0.39, 0.29) is 5.97 Å². The van der Waals surface area contributed by atoms with E-state index < -0.39 is 0 Å². The van der Waals surface area contributed by atoms with Gasteiger partial charge in [0.15, 0.2) is 0 Å². The van der Waals surface area contributed by atoms with Crippen molar-refractivity contribution in [3.63, 3.8) is 0 Å². The van der Waals surface area contributed by atoms with Crippen LogP contribution in [0.5, 0.6) is 0 Å². The molecule has 5 nitrogen and oxygen atoms in total. The first kappa shape index (κ1) is 15.0. The number of morpholine rings is 1. The molecule has 5 heteroatoms. The van der Waals surface area contributed by atoms with Crippen molar-refractivity contribution in [3.8, 4) is 0 Å². The molecular weight excluding hydrogens is 256 g/mol. The molecule has 1 fully saturated rings. The molecule has 0 unspecified atom stereocenters. The Balaban J connectivity index is 1.52. The van der Waals surface area contributed by atoms with Gasteiger partial charge in [-0.05, 0) is 18.5 Å². The summed E-state index contributed by atoms with van der Waals surface area (Å²) in [6, 6.07) is 9.85. The summed E-state index contributed by atoms with van der Waals surface area (Å²) >= 11 is 0. The Labute approximate surface area is 119 Å². The number of nitrogens with one attached hydrogen (secondary N) is 1. The van der Waals surface area contributed by atoms with Crippen molar-refractivity contribution in [3.05, 3.63) is 35.9 Å². The lowest BCUT2D eigenvalue weighted by atomic mass is 10.2. The maximum absolute atomic E-state index is 11.5. The van der Waals surface area contributed by atoms with Gasteiger partial charge in [0.1, 0.15) is 0 Å². The van der Waals surface area contributed by atoms with Crippen molar-refractivity contribution >= 4 is 5.97 Å². The second-order valence-corrected chi connectivity index (χ2v) is 4.84. The van der Waals surface area contributed by atoms with Crippen LogP contribution < -0.4 is 5.48 Å². The number of nitrogens with zero attached hydrogens (tertiary/aromatic N) is 1. The molecule has 0 radical (unpaired) electrons. The van der Waals surface area contributed by atoms with Crippen LogP contribution >= 0.6 is 0 Å². The van der Waals surface area contributed by atoms with Crippen LogP contribution in [0.15, 0.2) is 30.3 Å². The standard InChI is InChI=1S/C15H22N2O3/c18-15(7-4-8-17-9-11-19-12-10-17)20-16-13-14-5-2-1-3-6-14/h1-3,5-6,16H,4,7-13H2. The summed E-state index contributed by atoms with van der Waals surface area (Å²) in [6.07, 6.45) is 1.27. The second-order valence-electron chi connectivity index (χ2n) is 4.84. The van der Waals surface area contributed by atoms with Gasteiger partial charge in [0.25, 0.3) is 0 Å². The van der Waals surface area contributed by atoms with Crippen molar-refractivity contribution in [2.75, 3.05) is 32.8 Å². The Kier molecular flexibility index (Phi) is 6.50. The number of benzene rings is 1. The van der Waals surface area contributed by atoms with Gasteiger partial charge in [0.05, 0.1) is 19.8 Å². The highest BCUT2D eigenvalue weighted by Crippen LogP contribution is 2.01. The molecule has 110 valence electrons. The Morgan fingerprint density at radius 1 is 1.25 bits per heavy atom. The summed E-state index contributed by atoms with van der Waals surface area (Å²) in [4.78, 5) is 18.9. The highest BCUT2D eigenvalue weighted by Gasteiger charge is 2.11. The average molecular weight is 278 g/mol. The molecule has 0 bridgehead atoms. The summed E-state index contributed by atoms with van der Waals surface area (Å²) in [7, 11) is 0. The van der Waals surface area contributed by atoms with Crippen molar-refractivity contribution in [1.29, 1.82) is 0 Å². The zero-order valence-corrected chi connectivity index (χ0v) is 11.7. The molecule has 1 aromatic rings. The van der Waals surface area contributed by atoms with Crippen LogP contribution in [0, 0.1) is 0 Å². The van der Waals surface area contributed by atoms with E-state index in [1.54, 1.807) is 0 Å². The number of hydrogen-bond acceptors (Lipinski definition) is 5. The van der Waals surface area contributed by atoms with Gasteiger partial charge in [-0.15, -0.1) is 5.48 Å². The van der Waals surface area contributed by atoms with Crippen molar-refractivity contribution in [1.82, 2.24) is 10.4 Å². The number of rotatable bonds is 7. The molecule has 0 aromatic heterocycles. The molecule has 1 aromatic carbocycles. The van der Waals surface area contributed by atoms with Crippen LogP contribution in [-0.4, -0.2) is 43.7 Å². The van der Waals surface area contributed by atoms with Gasteiger partial charge < -0.3 is 9.57 Å². The zero-order valence-electron chi connectivity index (χ0n) is 11.7. The molecular formula is C15H22N2O3. The minimum atomic E-state index is -0.200. The third-order valence-corrected chi connectivity index (χ3v) is 3.26. The molecule has 1 saturated heterocycles. The summed E-state index contributed by atoms with van der Waals surface area (Å²) < 4.78 is 5.28. The van der Waals surface area contributed by atoms with Crippen LogP contribution in [0.1, 0.15) is 18.4 Å². The SMILES string of the molecule is O=C(CCCN1CCOCC1)ONCc1ccccc1. The van der Waals surface area contributed by atoms with Crippen LogP contribution in [0.4, 0.5) is 0 Å². The fraction of sp³-hybridized carbons (Fsp3) is 0.533. The van der Waals surface area contributed by atoms with E-state index in [0.717, 1.165) is 44.8 Å². The van der Waals surface area contributed by atoms with Crippen molar-refractivity contribution < 1.29 is 14.4 Å². The third-order valence-electron chi connectivity index (χ3n) is 3.26. The largest absolute Gasteiger partial charge is 0.379 e. The first-order valence-corrected chi connectivity index (χ1v) is 7.11. The number of hydrogen-bond donors (Lipinski definition) is 1. The number of carbonyl (C=O) groups is 1. The summed E-state index contributed by atoms with van der Waals surface area (Å²) in [5.74, 6) is -0.200. The van der Waals surface area contributed by atoms with Gasteiger partial charge in [-0.3, -0.25) is 9.69 Å². The van der Waals surface area contributed by atoms with Gasteiger partial charge in [-0.1, -0.05) is 30.3 Å². The molecule has 1 aliphatic heterocycles. The number of hydroxylamine groups is 1. The van der Waals surface area contributed by atoms with E-state index in [9.17, 15) is 4.79 Å². The van der Waals surface area contributed by atoms with Gasteiger partial charge in [0, 0.05) is 19.5 Å². The van der Waals surface area contributed by atoms with Gasteiger partial charge >= 0.3 is 5.97 Å². The smallest absolute Gasteiger partial charge is 0.324 e. The quantitative estimate of drug-likeness (QED) is 0.763. The van der Waals surface area contributed by atoms with E-state index in [1.807, 2.05) is 30.3 Å². The van der Waals surface area contributed by atoms with Crippen molar-refractivity contribution in [2.45, 2.75) is 19.4 Å². The molecule has 0 spiro atoms. The van der Waals surface area contributed by atoms with Crippen LogP contribution in [0.2, 0.25) is 0 Å². The molecule has 1 N–H and O–H groups in total. The summed E-state index contributed by atoms with van der Waals surface area (Å²) in [6.45, 7) is 4.97. The molecule has 2 rings (SSSR count).